The number of ether oxygens (including phenoxy) is 1. The van der Waals surface area contributed by atoms with E-state index in [4.69, 9.17) is 4.74 Å². The maximum absolute atomic E-state index is 12.4. The van der Waals surface area contributed by atoms with Crippen LogP contribution in [0.5, 0.6) is 0 Å². The molecule has 0 aromatic heterocycles. The zero-order valence-electron chi connectivity index (χ0n) is 9.78. The van der Waals surface area contributed by atoms with Crippen molar-refractivity contribution in [2.75, 3.05) is 26.3 Å². The molecule has 1 aromatic rings. The van der Waals surface area contributed by atoms with Crippen LogP contribution in [0.4, 0.5) is 13.2 Å². The molecule has 18 heavy (non-hydrogen) atoms. The van der Waals surface area contributed by atoms with Gasteiger partial charge >= 0.3 is 6.18 Å². The predicted octanol–water partition coefficient (Wildman–Crippen LogP) is 3.01. The molecular formula is C13H14F3NO. The highest BCUT2D eigenvalue weighted by atomic mass is 19.4. The number of morpholine rings is 1. The molecule has 98 valence electrons. The highest BCUT2D eigenvalue weighted by molar-refractivity contribution is 5.49. The molecule has 0 atom stereocenters. The minimum Gasteiger partial charge on any atom is -0.378 e. The molecule has 1 saturated heterocycles. The first-order chi connectivity index (χ1) is 8.55. The van der Waals surface area contributed by atoms with E-state index >= 15 is 0 Å². The number of rotatable bonds is 2. The highest BCUT2D eigenvalue weighted by Crippen LogP contribution is 2.29. The van der Waals surface area contributed by atoms with Crippen LogP contribution in [0.15, 0.2) is 30.5 Å². The first kappa shape index (κ1) is 13.0. The third-order valence-electron chi connectivity index (χ3n) is 2.76. The molecule has 0 saturated carbocycles. The van der Waals surface area contributed by atoms with Crippen molar-refractivity contribution in [3.05, 3.63) is 41.6 Å². The summed E-state index contributed by atoms with van der Waals surface area (Å²) in [5.41, 5.74) is 0.139. The van der Waals surface area contributed by atoms with Crippen molar-refractivity contribution in [1.82, 2.24) is 4.90 Å². The lowest BCUT2D eigenvalue weighted by Crippen LogP contribution is -2.31. The molecule has 0 aliphatic carbocycles. The van der Waals surface area contributed by atoms with Crippen LogP contribution in [0.1, 0.15) is 11.1 Å². The molecule has 2 nitrogen and oxygen atoms in total. The number of hydrogen-bond donors (Lipinski definition) is 0. The molecule has 5 heteroatoms. The summed E-state index contributed by atoms with van der Waals surface area (Å²) in [5, 5.41) is 0. The molecule has 0 bridgehead atoms. The monoisotopic (exact) mass is 257 g/mol. The van der Waals surface area contributed by atoms with Gasteiger partial charge in [-0.05, 0) is 30.0 Å². The first-order valence-electron chi connectivity index (χ1n) is 5.73. The van der Waals surface area contributed by atoms with Crippen LogP contribution in [0.2, 0.25) is 0 Å². The van der Waals surface area contributed by atoms with Gasteiger partial charge < -0.3 is 9.64 Å². The summed E-state index contributed by atoms with van der Waals surface area (Å²) in [4.78, 5) is 2.08. The average Bonchev–Trinajstić information content (AvgIpc) is 2.37. The van der Waals surface area contributed by atoms with Crippen LogP contribution in [0, 0.1) is 0 Å². The quantitative estimate of drug-likeness (QED) is 0.807. The van der Waals surface area contributed by atoms with E-state index in [1.807, 2.05) is 12.3 Å². The summed E-state index contributed by atoms with van der Waals surface area (Å²) < 4.78 is 42.3. The molecule has 1 fully saturated rings. The molecule has 0 N–H and O–H groups in total. The molecule has 2 rings (SSSR count). The second-order valence-corrected chi connectivity index (χ2v) is 4.08. The van der Waals surface area contributed by atoms with Crippen molar-refractivity contribution in [2.24, 2.45) is 0 Å². The Hall–Kier alpha value is -1.49. The Bertz CT molecular complexity index is 405. The summed E-state index contributed by atoms with van der Waals surface area (Å²) >= 11 is 0. The van der Waals surface area contributed by atoms with E-state index in [1.165, 1.54) is 12.1 Å². The van der Waals surface area contributed by atoms with Crippen LogP contribution < -0.4 is 0 Å². The summed E-state index contributed by atoms with van der Waals surface area (Å²) in [6, 6.07) is 5.14. The van der Waals surface area contributed by atoms with Crippen molar-refractivity contribution >= 4 is 6.08 Å². The average molecular weight is 257 g/mol. The Labute approximate surface area is 104 Å². The maximum Gasteiger partial charge on any atom is 0.416 e. The number of benzene rings is 1. The van der Waals surface area contributed by atoms with Gasteiger partial charge in [0.2, 0.25) is 0 Å². The van der Waals surface area contributed by atoms with Gasteiger partial charge in [0.05, 0.1) is 18.8 Å². The second kappa shape index (κ2) is 5.44. The van der Waals surface area contributed by atoms with Gasteiger partial charge in [-0.3, -0.25) is 0 Å². The lowest BCUT2D eigenvalue weighted by molar-refractivity contribution is -0.137. The SMILES string of the molecule is FC(F)(F)c1ccc(/C=C/N2CCOCC2)cc1. The van der Waals surface area contributed by atoms with E-state index in [2.05, 4.69) is 4.90 Å². The van der Waals surface area contributed by atoms with Gasteiger partial charge in [-0.2, -0.15) is 13.2 Å². The number of nitrogens with zero attached hydrogens (tertiary/aromatic N) is 1. The van der Waals surface area contributed by atoms with Crippen LogP contribution in [0.3, 0.4) is 0 Å². The van der Waals surface area contributed by atoms with Crippen molar-refractivity contribution in [2.45, 2.75) is 6.18 Å². The summed E-state index contributed by atoms with van der Waals surface area (Å²) in [6.07, 6.45) is -0.566. The van der Waals surface area contributed by atoms with E-state index in [1.54, 1.807) is 0 Å². The molecule has 0 unspecified atom stereocenters. The molecule has 1 aliphatic heterocycles. The lowest BCUT2D eigenvalue weighted by atomic mass is 10.1. The molecule has 0 radical (unpaired) electrons. The van der Waals surface area contributed by atoms with Gasteiger partial charge in [0.1, 0.15) is 0 Å². The summed E-state index contributed by atoms with van der Waals surface area (Å²) in [6.45, 7) is 3.02. The van der Waals surface area contributed by atoms with Gasteiger partial charge in [-0.15, -0.1) is 0 Å². The fourth-order valence-electron chi connectivity index (χ4n) is 1.70. The second-order valence-electron chi connectivity index (χ2n) is 4.08. The maximum atomic E-state index is 12.4. The Kier molecular flexibility index (Phi) is 3.91. The standard InChI is InChI=1S/C13H14F3NO/c14-13(15,16)12-3-1-11(2-4-12)5-6-17-7-9-18-10-8-17/h1-6H,7-10H2/b6-5+. The Morgan fingerprint density at radius 3 is 2.22 bits per heavy atom. The smallest absolute Gasteiger partial charge is 0.378 e. The van der Waals surface area contributed by atoms with Crippen LogP contribution >= 0.6 is 0 Å². The topological polar surface area (TPSA) is 12.5 Å². The largest absolute Gasteiger partial charge is 0.416 e. The Morgan fingerprint density at radius 1 is 1.06 bits per heavy atom. The highest BCUT2D eigenvalue weighted by Gasteiger charge is 2.29. The normalized spacial score (nSPS) is 17.4. The zero-order valence-corrected chi connectivity index (χ0v) is 9.78. The summed E-state index contributed by atoms with van der Waals surface area (Å²) in [7, 11) is 0. The van der Waals surface area contributed by atoms with Crippen LogP contribution in [0.25, 0.3) is 6.08 Å². The predicted molar refractivity (Wildman–Crippen MR) is 62.9 cm³/mol. The molecule has 1 heterocycles. The van der Waals surface area contributed by atoms with E-state index in [0.29, 0.717) is 13.2 Å². The number of halogens is 3. The van der Waals surface area contributed by atoms with E-state index in [9.17, 15) is 13.2 Å². The summed E-state index contributed by atoms with van der Waals surface area (Å²) in [5.74, 6) is 0. The van der Waals surface area contributed by atoms with Crippen molar-refractivity contribution in [3.8, 4) is 0 Å². The molecule has 0 amide bonds. The van der Waals surface area contributed by atoms with Crippen LogP contribution in [-0.2, 0) is 10.9 Å². The lowest BCUT2D eigenvalue weighted by Gasteiger charge is -2.25. The first-order valence-corrected chi connectivity index (χ1v) is 5.73. The van der Waals surface area contributed by atoms with Gasteiger partial charge in [0.25, 0.3) is 0 Å². The molecule has 1 aliphatic rings. The van der Waals surface area contributed by atoms with Gasteiger partial charge in [0.15, 0.2) is 0 Å². The molecular weight excluding hydrogens is 243 g/mol. The minimum absolute atomic E-state index is 0.619. The molecule has 0 spiro atoms. The van der Waals surface area contributed by atoms with Gasteiger partial charge in [-0.1, -0.05) is 12.1 Å². The van der Waals surface area contributed by atoms with Crippen molar-refractivity contribution in [1.29, 1.82) is 0 Å². The Balaban J connectivity index is 1.99. The van der Waals surface area contributed by atoms with E-state index in [-0.39, 0.29) is 0 Å². The van der Waals surface area contributed by atoms with Crippen LogP contribution in [-0.4, -0.2) is 31.2 Å². The fourth-order valence-corrected chi connectivity index (χ4v) is 1.70. The van der Waals surface area contributed by atoms with Crippen molar-refractivity contribution in [3.63, 3.8) is 0 Å². The minimum atomic E-state index is -4.27. The fraction of sp³-hybridized carbons (Fsp3) is 0.385. The van der Waals surface area contributed by atoms with E-state index in [0.717, 1.165) is 30.8 Å². The molecule has 1 aromatic carbocycles. The van der Waals surface area contributed by atoms with E-state index < -0.39 is 11.7 Å². The zero-order chi connectivity index (χ0) is 13.0. The van der Waals surface area contributed by atoms with Crippen molar-refractivity contribution < 1.29 is 17.9 Å². The Morgan fingerprint density at radius 2 is 1.67 bits per heavy atom. The van der Waals surface area contributed by atoms with Gasteiger partial charge in [0, 0.05) is 13.1 Å². The third-order valence-corrected chi connectivity index (χ3v) is 2.76. The van der Waals surface area contributed by atoms with Gasteiger partial charge in [-0.25, -0.2) is 0 Å². The third kappa shape index (κ3) is 3.50. The number of hydrogen-bond acceptors (Lipinski definition) is 2. The number of alkyl halides is 3.